The van der Waals surface area contributed by atoms with E-state index < -0.39 is 6.10 Å². The number of para-hydroxylation sites is 1. The lowest BCUT2D eigenvalue weighted by atomic mass is 10.1. The average Bonchev–Trinajstić information content (AvgIpc) is 3.27. The number of H-pyrrole nitrogens is 1. The number of nitrogens with zero attached hydrogens (tertiary/aromatic N) is 2. The number of benzene rings is 2. The predicted molar refractivity (Wildman–Crippen MR) is 125 cm³/mol. The van der Waals surface area contributed by atoms with E-state index in [1.54, 1.807) is 18.2 Å². The van der Waals surface area contributed by atoms with Gasteiger partial charge >= 0.3 is 0 Å². The fraction of sp³-hybridized carbons (Fsp3) is 0.360. The zero-order valence-corrected chi connectivity index (χ0v) is 18.9. The fourth-order valence-corrected chi connectivity index (χ4v) is 4.04. The molecule has 8 nitrogen and oxygen atoms in total. The number of carbonyl (C=O) groups excluding carboxylic acids is 2. The first kappa shape index (κ1) is 22.8. The van der Waals surface area contributed by atoms with E-state index in [1.807, 2.05) is 35.2 Å². The van der Waals surface area contributed by atoms with Crippen LogP contribution in [0.2, 0.25) is 0 Å². The Kier molecular flexibility index (Phi) is 6.96. The van der Waals surface area contributed by atoms with Crippen molar-refractivity contribution in [2.75, 3.05) is 46.4 Å². The van der Waals surface area contributed by atoms with E-state index in [1.165, 1.54) is 14.0 Å². The average molecular weight is 452 g/mol. The van der Waals surface area contributed by atoms with Gasteiger partial charge in [-0.1, -0.05) is 18.2 Å². The number of aliphatic hydroxyl groups is 1. The Balaban J connectivity index is 1.26. The Morgan fingerprint density at radius 2 is 1.82 bits per heavy atom. The standard InChI is InChI=1S/C25H29N3O5/c1-17(29)18-7-8-23(24(14-18)32-2)33-16-20(30)15-27-9-11-28(12-10-27)25(31)22-13-19-5-3-4-6-21(19)26-22/h3-8,13-14,20,26,30H,9-12,15-16H2,1-2H3. The number of hydrogen-bond acceptors (Lipinski definition) is 6. The van der Waals surface area contributed by atoms with Gasteiger partial charge in [0.05, 0.1) is 7.11 Å². The van der Waals surface area contributed by atoms with Crippen LogP contribution in [-0.4, -0.2) is 84.1 Å². The van der Waals surface area contributed by atoms with Crippen LogP contribution in [0, 0.1) is 0 Å². The SMILES string of the molecule is COc1cc(C(C)=O)ccc1OCC(O)CN1CCN(C(=O)c2cc3ccccc3[nH]2)CC1. The molecule has 3 aromatic rings. The number of ether oxygens (including phenoxy) is 2. The number of aromatic amines is 1. The molecule has 174 valence electrons. The number of piperazine rings is 1. The van der Waals surface area contributed by atoms with Crippen molar-refractivity contribution >= 4 is 22.6 Å². The van der Waals surface area contributed by atoms with E-state index in [0.717, 1.165) is 10.9 Å². The summed E-state index contributed by atoms with van der Waals surface area (Å²) in [6.45, 7) is 4.60. The summed E-state index contributed by atoms with van der Waals surface area (Å²) in [7, 11) is 1.51. The summed E-state index contributed by atoms with van der Waals surface area (Å²) in [6, 6.07) is 14.7. The maximum Gasteiger partial charge on any atom is 0.270 e. The molecule has 8 heteroatoms. The van der Waals surface area contributed by atoms with Gasteiger partial charge in [0.1, 0.15) is 18.4 Å². The van der Waals surface area contributed by atoms with Crippen molar-refractivity contribution in [1.29, 1.82) is 0 Å². The number of aliphatic hydroxyl groups excluding tert-OH is 1. The van der Waals surface area contributed by atoms with E-state index in [4.69, 9.17) is 9.47 Å². The molecular formula is C25H29N3O5. The lowest BCUT2D eigenvalue weighted by Crippen LogP contribution is -2.51. The second-order valence-corrected chi connectivity index (χ2v) is 8.25. The number of Topliss-reactive ketones (excluding diaryl/α,β-unsaturated/α-hetero) is 1. The largest absolute Gasteiger partial charge is 0.493 e. The number of fused-ring (bicyclic) bond motifs is 1. The molecule has 2 heterocycles. The van der Waals surface area contributed by atoms with Gasteiger partial charge in [0.2, 0.25) is 0 Å². The zero-order chi connectivity index (χ0) is 23.4. The first-order valence-corrected chi connectivity index (χ1v) is 11.0. The molecule has 1 aliphatic rings. The molecular weight excluding hydrogens is 422 g/mol. The van der Waals surface area contributed by atoms with Crippen molar-refractivity contribution in [3.63, 3.8) is 0 Å². The molecule has 0 saturated carbocycles. The molecule has 1 aromatic heterocycles. The molecule has 1 aliphatic heterocycles. The van der Waals surface area contributed by atoms with E-state index >= 15 is 0 Å². The molecule has 1 unspecified atom stereocenters. The molecule has 2 N–H and O–H groups in total. The van der Waals surface area contributed by atoms with Crippen LogP contribution in [0.15, 0.2) is 48.5 Å². The lowest BCUT2D eigenvalue weighted by molar-refractivity contribution is 0.0397. The summed E-state index contributed by atoms with van der Waals surface area (Å²) in [4.78, 5) is 31.5. The van der Waals surface area contributed by atoms with Gasteiger partial charge in [-0.3, -0.25) is 14.5 Å². The molecule has 1 saturated heterocycles. The summed E-state index contributed by atoms with van der Waals surface area (Å²) >= 11 is 0. The molecule has 0 bridgehead atoms. The van der Waals surface area contributed by atoms with Gasteiger partial charge in [0.25, 0.3) is 5.91 Å². The van der Waals surface area contributed by atoms with Crippen molar-refractivity contribution in [2.24, 2.45) is 0 Å². The number of rotatable bonds is 8. The van der Waals surface area contributed by atoms with Crippen LogP contribution >= 0.6 is 0 Å². The molecule has 1 atom stereocenters. The maximum absolute atomic E-state index is 12.9. The third-order valence-electron chi connectivity index (χ3n) is 5.89. The Morgan fingerprint density at radius 1 is 1.06 bits per heavy atom. The molecule has 4 rings (SSSR count). The van der Waals surface area contributed by atoms with Crippen molar-refractivity contribution in [2.45, 2.75) is 13.0 Å². The highest BCUT2D eigenvalue weighted by molar-refractivity contribution is 5.98. The number of ketones is 1. The quantitative estimate of drug-likeness (QED) is 0.511. The Labute approximate surface area is 192 Å². The molecule has 1 fully saturated rings. The number of aromatic nitrogens is 1. The van der Waals surface area contributed by atoms with Crippen LogP contribution < -0.4 is 9.47 Å². The number of nitrogens with one attached hydrogen (secondary N) is 1. The summed E-state index contributed by atoms with van der Waals surface area (Å²) in [6.07, 6.45) is -0.696. The molecule has 0 spiro atoms. The summed E-state index contributed by atoms with van der Waals surface area (Å²) in [5.74, 6) is 0.882. The minimum Gasteiger partial charge on any atom is -0.493 e. The maximum atomic E-state index is 12.9. The molecule has 2 aromatic carbocycles. The van der Waals surface area contributed by atoms with Crippen LogP contribution in [0.4, 0.5) is 0 Å². The van der Waals surface area contributed by atoms with E-state index in [2.05, 4.69) is 9.88 Å². The van der Waals surface area contributed by atoms with Gasteiger partial charge in [-0.2, -0.15) is 0 Å². The minimum absolute atomic E-state index is 0.00386. The molecule has 1 amide bonds. The van der Waals surface area contributed by atoms with E-state index in [-0.39, 0.29) is 18.3 Å². The molecule has 0 radical (unpaired) electrons. The van der Waals surface area contributed by atoms with Gasteiger partial charge in [0, 0.05) is 49.2 Å². The second-order valence-electron chi connectivity index (χ2n) is 8.25. The van der Waals surface area contributed by atoms with Gasteiger partial charge in [-0.15, -0.1) is 0 Å². The third-order valence-corrected chi connectivity index (χ3v) is 5.89. The smallest absolute Gasteiger partial charge is 0.270 e. The monoisotopic (exact) mass is 451 g/mol. The number of methoxy groups -OCH3 is 1. The van der Waals surface area contributed by atoms with Crippen LogP contribution in [0.25, 0.3) is 10.9 Å². The zero-order valence-electron chi connectivity index (χ0n) is 18.9. The highest BCUT2D eigenvalue weighted by Gasteiger charge is 2.24. The van der Waals surface area contributed by atoms with Crippen molar-refractivity contribution < 1.29 is 24.2 Å². The first-order valence-electron chi connectivity index (χ1n) is 11.0. The van der Waals surface area contributed by atoms with Crippen molar-refractivity contribution in [3.05, 3.63) is 59.8 Å². The van der Waals surface area contributed by atoms with E-state index in [0.29, 0.717) is 55.5 Å². The van der Waals surface area contributed by atoms with Crippen LogP contribution in [-0.2, 0) is 0 Å². The Hall–Kier alpha value is -3.36. The first-order chi connectivity index (χ1) is 15.9. The highest BCUT2D eigenvalue weighted by atomic mass is 16.5. The lowest BCUT2D eigenvalue weighted by Gasteiger charge is -2.35. The number of β-amino-alcohol motifs (C(OH)–C–C–N with tert-alkyl or cyclic N) is 1. The number of carbonyl (C=O) groups is 2. The number of hydrogen-bond donors (Lipinski definition) is 2. The number of amides is 1. The van der Waals surface area contributed by atoms with Gasteiger partial charge < -0.3 is 24.5 Å². The van der Waals surface area contributed by atoms with Crippen LogP contribution in [0.1, 0.15) is 27.8 Å². The van der Waals surface area contributed by atoms with Crippen LogP contribution in [0.5, 0.6) is 11.5 Å². The second kappa shape index (κ2) is 10.1. The molecule has 33 heavy (non-hydrogen) atoms. The highest BCUT2D eigenvalue weighted by Crippen LogP contribution is 2.28. The third kappa shape index (κ3) is 5.35. The van der Waals surface area contributed by atoms with Gasteiger partial charge in [-0.25, -0.2) is 0 Å². The Morgan fingerprint density at radius 3 is 2.52 bits per heavy atom. The topological polar surface area (TPSA) is 95.1 Å². The van der Waals surface area contributed by atoms with Gasteiger partial charge in [-0.05, 0) is 37.3 Å². The van der Waals surface area contributed by atoms with E-state index in [9.17, 15) is 14.7 Å². The van der Waals surface area contributed by atoms with Gasteiger partial charge in [0.15, 0.2) is 17.3 Å². The van der Waals surface area contributed by atoms with Crippen molar-refractivity contribution in [3.8, 4) is 11.5 Å². The van der Waals surface area contributed by atoms with Crippen LogP contribution in [0.3, 0.4) is 0 Å². The minimum atomic E-state index is -0.696. The van der Waals surface area contributed by atoms with Crippen molar-refractivity contribution in [1.82, 2.24) is 14.8 Å². The fourth-order valence-electron chi connectivity index (χ4n) is 4.04. The predicted octanol–water partition coefficient (Wildman–Crippen LogP) is 2.58. The molecule has 0 aliphatic carbocycles. The Bertz CT molecular complexity index is 1100. The summed E-state index contributed by atoms with van der Waals surface area (Å²) in [5, 5.41) is 11.5. The summed E-state index contributed by atoms with van der Waals surface area (Å²) in [5.41, 5.74) is 2.10. The summed E-state index contributed by atoms with van der Waals surface area (Å²) < 4.78 is 11.0. The normalized spacial score (nSPS) is 15.4.